The van der Waals surface area contributed by atoms with Crippen molar-refractivity contribution in [3.63, 3.8) is 0 Å². The number of nitrogens with one attached hydrogen (secondary N) is 1. The summed E-state index contributed by atoms with van der Waals surface area (Å²) in [6.45, 7) is 2.01. The van der Waals surface area contributed by atoms with Crippen LogP contribution in [0.25, 0.3) is 6.08 Å². The van der Waals surface area contributed by atoms with E-state index in [1.54, 1.807) is 18.2 Å². The number of ether oxygens (including phenoxy) is 2. The Kier molecular flexibility index (Phi) is 8.13. The first-order valence-corrected chi connectivity index (χ1v) is 11.5. The molecule has 0 aromatic heterocycles. The number of amides is 3. The second-order valence-corrected chi connectivity index (χ2v) is 8.87. The Morgan fingerprint density at radius 1 is 1.25 bits per heavy atom. The predicted octanol–water partition coefficient (Wildman–Crippen LogP) is 4.90. The molecule has 1 saturated heterocycles. The second kappa shape index (κ2) is 10.8. The zero-order chi connectivity index (χ0) is 23.3. The van der Waals surface area contributed by atoms with Crippen LogP contribution in [0.4, 0.5) is 14.9 Å². The van der Waals surface area contributed by atoms with Crippen LogP contribution in [-0.2, 0) is 9.59 Å². The molecule has 1 aliphatic rings. The van der Waals surface area contributed by atoms with Crippen LogP contribution in [0.3, 0.4) is 0 Å². The number of rotatable bonds is 8. The van der Waals surface area contributed by atoms with Crippen molar-refractivity contribution in [3.8, 4) is 11.5 Å². The van der Waals surface area contributed by atoms with Gasteiger partial charge in [-0.05, 0) is 88.8 Å². The summed E-state index contributed by atoms with van der Waals surface area (Å²) in [4.78, 5) is 38.2. The van der Waals surface area contributed by atoms with Crippen molar-refractivity contribution in [2.75, 3.05) is 25.6 Å². The molecule has 3 amide bonds. The average Bonchev–Trinajstić information content (AvgIpc) is 3.02. The third kappa shape index (κ3) is 5.80. The zero-order valence-electron chi connectivity index (χ0n) is 17.3. The van der Waals surface area contributed by atoms with E-state index in [1.165, 1.54) is 36.3 Å². The number of imide groups is 1. The molecule has 7 nitrogen and oxygen atoms in total. The van der Waals surface area contributed by atoms with E-state index in [-0.39, 0.29) is 17.8 Å². The summed E-state index contributed by atoms with van der Waals surface area (Å²) < 4.78 is 24.7. The van der Waals surface area contributed by atoms with Gasteiger partial charge in [-0.15, -0.1) is 0 Å². The van der Waals surface area contributed by atoms with Crippen LogP contribution >= 0.6 is 34.4 Å². The third-order valence-corrected chi connectivity index (χ3v) is 6.05. The van der Waals surface area contributed by atoms with Gasteiger partial charge in [-0.1, -0.05) is 6.92 Å². The van der Waals surface area contributed by atoms with Gasteiger partial charge in [0.05, 0.1) is 15.6 Å². The minimum atomic E-state index is -0.414. The topological polar surface area (TPSA) is 84.9 Å². The lowest BCUT2D eigenvalue weighted by molar-refractivity contribution is -0.122. The Labute approximate surface area is 202 Å². The number of benzene rings is 2. The van der Waals surface area contributed by atoms with E-state index in [1.807, 2.05) is 29.5 Å². The Hall–Kier alpha value is -2.60. The Morgan fingerprint density at radius 2 is 1.97 bits per heavy atom. The normalized spacial score (nSPS) is 14.8. The molecule has 10 heteroatoms. The summed E-state index contributed by atoms with van der Waals surface area (Å²) in [7, 11) is 1.47. The molecule has 1 N–H and O–H groups in total. The predicted molar refractivity (Wildman–Crippen MR) is 129 cm³/mol. The van der Waals surface area contributed by atoms with Gasteiger partial charge < -0.3 is 14.8 Å². The van der Waals surface area contributed by atoms with Crippen molar-refractivity contribution in [1.29, 1.82) is 0 Å². The van der Waals surface area contributed by atoms with E-state index in [0.717, 1.165) is 11.8 Å². The number of thioether (sulfide) groups is 1. The number of carbonyl (C=O) groups is 3. The van der Waals surface area contributed by atoms with Crippen molar-refractivity contribution >= 4 is 63.2 Å². The van der Waals surface area contributed by atoms with E-state index in [9.17, 15) is 18.8 Å². The SMILES string of the molecule is CCCN1C(=O)S/C(=C/c2cc(I)c(OCC(=O)Nc3ccc(F)cc3)c(OC)c2)C1=O. The Balaban J connectivity index is 1.72. The molecule has 1 heterocycles. The molecule has 0 spiro atoms. The molecule has 1 aliphatic heterocycles. The lowest BCUT2D eigenvalue weighted by Crippen LogP contribution is -2.28. The molecule has 2 aromatic rings. The number of hydrogen-bond acceptors (Lipinski definition) is 6. The number of hydrogen-bond donors (Lipinski definition) is 1. The number of methoxy groups -OCH3 is 1. The van der Waals surface area contributed by atoms with E-state index in [0.29, 0.717) is 44.2 Å². The Bertz CT molecular complexity index is 1070. The highest BCUT2D eigenvalue weighted by Crippen LogP contribution is 2.37. The fourth-order valence-corrected chi connectivity index (χ4v) is 4.55. The van der Waals surface area contributed by atoms with Gasteiger partial charge >= 0.3 is 0 Å². The van der Waals surface area contributed by atoms with Crippen LogP contribution in [0.1, 0.15) is 18.9 Å². The van der Waals surface area contributed by atoms with Crippen molar-refractivity contribution in [1.82, 2.24) is 4.90 Å². The standard InChI is InChI=1S/C22H20FIN2O5S/c1-3-8-26-21(28)18(32-22(26)29)11-13-9-16(24)20(17(10-13)30-2)31-12-19(27)25-15-6-4-14(23)5-7-15/h4-7,9-11H,3,8,12H2,1-2H3,(H,25,27)/b18-11+. The first kappa shape index (κ1) is 24.1. The molecule has 3 rings (SSSR count). The largest absolute Gasteiger partial charge is 0.493 e. The van der Waals surface area contributed by atoms with Crippen LogP contribution in [0.15, 0.2) is 41.3 Å². The average molecular weight is 570 g/mol. The summed E-state index contributed by atoms with van der Waals surface area (Å²) in [6, 6.07) is 8.84. The highest BCUT2D eigenvalue weighted by molar-refractivity contribution is 14.1. The molecule has 0 bridgehead atoms. The first-order chi connectivity index (χ1) is 15.3. The van der Waals surface area contributed by atoms with Gasteiger partial charge in [-0.3, -0.25) is 19.3 Å². The van der Waals surface area contributed by atoms with Gasteiger partial charge in [0.15, 0.2) is 18.1 Å². The van der Waals surface area contributed by atoms with Crippen molar-refractivity contribution in [2.24, 2.45) is 0 Å². The number of halogens is 2. The van der Waals surface area contributed by atoms with Crippen molar-refractivity contribution < 1.29 is 28.2 Å². The summed E-state index contributed by atoms with van der Waals surface area (Å²) in [5.74, 6) is -0.366. The maximum absolute atomic E-state index is 13.0. The minimum Gasteiger partial charge on any atom is -0.493 e. The maximum Gasteiger partial charge on any atom is 0.293 e. The van der Waals surface area contributed by atoms with Gasteiger partial charge in [0.2, 0.25) is 0 Å². The summed E-state index contributed by atoms with van der Waals surface area (Å²) in [5, 5.41) is 2.34. The summed E-state index contributed by atoms with van der Waals surface area (Å²) in [5.41, 5.74) is 1.12. The number of carbonyl (C=O) groups excluding carboxylic acids is 3. The second-order valence-electron chi connectivity index (χ2n) is 6.71. The first-order valence-electron chi connectivity index (χ1n) is 9.63. The van der Waals surface area contributed by atoms with E-state index in [4.69, 9.17) is 9.47 Å². The van der Waals surface area contributed by atoms with Gasteiger partial charge in [0, 0.05) is 12.2 Å². The van der Waals surface area contributed by atoms with Crippen LogP contribution in [-0.4, -0.2) is 42.2 Å². The monoisotopic (exact) mass is 570 g/mol. The molecule has 0 atom stereocenters. The van der Waals surface area contributed by atoms with Gasteiger partial charge in [-0.25, -0.2) is 4.39 Å². The quantitative estimate of drug-likeness (QED) is 0.359. The molecule has 168 valence electrons. The molecule has 32 heavy (non-hydrogen) atoms. The zero-order valence-corrected chi connectivity index (χ0v) is 20.3. The summed E-state index contributed by atoms with van der Waals surface area (Å²) >= 11 is 2.95. The van der Waals surface area contributed by atoms with Gasteiger partial charge in [-0.2, -0.15) is 0 Å². The lowest BCUT2D eigenvalue weighted by atomic mass is 10.2. The molecule has 0 saturated carbocycles. The highest BCUT2D eigenvalue weighted by atomic mass is 127. The van der Waals surface area contributed by atoms with Crippen LogP contribution in [0, 0.1) is 9.39 Å². The van der Waals surface area contributed by atoms with Gasteiger partial charge in [0.25, 0.3) is 17.1 Å². The smallest absolute Gasteiger partial charge is 0.293 e. The lowest BCUT2D eigenvalue weighted by Gasteiger charge is -2.14. The van der Waals surface area contributed by atoms with Crippen molar-refractivity contribution in [2.45, 2.75) is 13.3 Å². The molecule has 2 aromatic carbocycles. The van der Waals surface area contributed by atoms with Crippen LogP contribution in [0.2, 0.25) is 0 Å². The van der Waals surface area contributed by atoms with Crippen molar-refractivity contribution in [3.05, 3.63) is 56.3 Å². The Morgan fingerprint density at radius 3 is 2.62 bits per heavy atom. The molecular weight excluding hydrogens is 550 g/mol. The number of anilines is 1. The summed E-state index contributed by atoms with van der Waals surface area (Å²) in [6.07, 6.45) is 2.33. The van der Waals surface area contributed by atoms with E-state index in [2.05, 4.69) is 5.32 Å². The molecule has 0 radical (unpaired) electrons. The third-order valence-electron chi connectivity index (χ3n) is 4.35. The van der Waals surface area contributed by atoms with Gasteiger partial charge in [0.1, 0.15) is 5.82 Å². The van der Waals surface area contributed by atoms with Crippen LogP contribution < -0.4 is 14.8 Å². The molecule has 0 unspecified atom stereocenters. The fourth-order valence-electron chi connectivity index (χ4n) is 2.90. The fraction of sp³-hybridized carbons (Fsp3) is 0.227. The van der Waals surface area contributed by atoms with E-state index < -0.39 is 11.7 Å². The maximum atomic E-state index is 13.0. The van der Waals surface area contributed by atoms with Crippen LogP contribution in [0.5, 0.6) is 11.5 Å². The molecular formula is C22H20FIN2O5S. The molecule has 0 aliphatic carbocycles. The number of nitrogens with zero attached hydrogens (tertiary/aromatic N) is 1. The molecule has 1 fully saturated rings. The highest BCUT2D eigenvalue weighted by Gasteiger charge is 2.34. The van der Waals surface area contributed by atoms with E-state index >= 15 is 0 Å². The minimum absolute atomic E-state index is 0.279.